The van der Waals surface area contributed by atoms with Crippen molar-refractivity contribution in [2.45, 2.75) is 117 Å². The molecule has 2 unspecified atom stereocenters. The summed E-state index contributed by atoms with van der Waals surface area (Å²) in [7, 11) is 0. The van der Waals surface area contributed by atoms with E-state index in [1.54, 1.807) is 5.57 Å². The lowest BCUT2D eigenvalue weighted by Crippen LogP contribution is -2.33. The van der Waals surface area contributed by atoms with E-state index in [9.17, 15) is 14.7 Å². The van der Waals surface area contributed by atoms with Crippen molar-refractivity contribution in [1.82, 2.24) is 0 Å². The maximum Gasteiger partial charge on any atom is 0.303 e. The zero-order valence-corrected chi connectivity index (χ0v) is 22.3. The first-order chi connectivity index (χ1) is 16.4. The monoisotopic (exact) mass is 484 g/mol. The van der Waals surface area contributed by atoms with E-state index in [4.69, 9.17) is 9.47 Å². The van der Waals surface area contributed by atoms with Gasteiger partial charge in [-0.1, -0.05) is 49.3 Å². The molecule has 3 rings (SSSR count). The maximum atomic E-state index is 11.6. The molecule has 194 valence electrons. The molecule has 0 radical (unpaired) electrons. The Morgan fingerprint density at radius 3 is 2.57 bits per heavy atom. The van der Waals surface area contributed by atoms with Crippen LogP contribution in [0.3, 0.4) is 0 Å². The molecule has 1 N–H and O–H groups in total. The molecule has 3 aliphatic carbocycles. The SMILES string of the molecule is C=C1/C(=C\C=C2/CCC[C@]3(C)C(CCCCC(C)(C)O)=CCC23)CC(OC(C)=O)C[C@@H]1OC(C)=O. The lowest BCUT2D eigenvalue weighted by molar-refractivity contribution is -0.152. The van der Waals surface area contributed by atoms with Crippen LogP contribution in [0.15, 0.2) is 47.1 Å². The molecule has 0 saturated heterocycles. The molecule has 5 heteroatoms. The van der Waals surface area contributed by atoms with Gasteiger partial charge >= 0.3 is 11.9 Å². The first-order valence-electron chi connectivity index (χ1n) is 13.2. The minimum absolute atomic E-state index is 0.210. The van der Waals surface area contributed by atoms with Crippen molar-refractivity contribution in [3.8, 4) is 0 Å². The highest BCUT2D eigenvalue weighted by molar-refractivity contribution is 5.67. The van der Waals surface area contributed by atoms with E-state index in [0.29, 0.717) is 18.8 Å². The number of fused-ring (bicyclic) bond motifs is 1. The van der Waals surface area contributed by atoms with Gasteiger partial charge in [0.05, 0.1) is 5.60 Å². The molecule has 0 heterocycles. The van der Waals surface area contributed by atoms with Crippen LogP contribution in [0.1, 0.15) is 98.8 Å². The summed E-state index contributed by atoms with van der Waals surface area (Å²) in [5, 5.41) is 10.0. The van der Waals surface area contributed by atoms with E-state index in [-0.39, 0.29) is 23.5 Å². The van der Waals surface area contributed by atoms with Gasteiger partial charge in [0.1, 0.15) is 12.2 Å². The second-order valence-corrected chi connectivity index (χ2v) is 11.5. The first kappa shape index (κ1) is 27.4. The van der Waals surface area contributed by atoms with Gasteiger partial charge in [0.15, 0.2) is 0 Å². The summed E-state index contributed by atoms with van der Waals surface area (Å²) in [6.07, 6.45) is 15.8. The quantitative estimate of drug-likeness (QED) is 0.241. The number of ether oxygens (including phenoxy) is 2. The van der Waals surface area contributed by atoms with Crippen LogP contribution in [0.5, 0.6) is 0 Å². The van der Waals surface area contributed by atoms with E-state index < -0.39 is 11.7 Å². The van der Waals surface area contributed by atoms with Gasteiger partial charge in [0.25, 0.3) is 0 Å². The zero-order valence-electron chi connectivity index (χ0n) is 22.3. The Bertz CT molecular complexity index is 916. The van der Waals surface area contributed by atoms with Crippen LogP contribution in [-0.2, 0) is 19.1 Å². The van der Waals surface area contributed by atoms with Crippen LogP contribution >= 0.6 is 0 Å². The molecule has 0 spiro atoms. The maximum absolute atomic E-state index is 11.6. The molecular formula is C30H44O5. The molecule has 2 fully saturated rings. The third kappa shape index (κ3) is 7.19. The number of carbonyl (C=O) groups is 2. The number of hydrogen-bond donors (Lipinski definition) is 1. The number of rotatable bonds is 8. The van der Waals surface area contributed by atoms with Gasteiger partial charge in [-0.05, 0) is 81.3 Å². The predicted molar refractivity (Wildman–Crippen MR) is 139 cm³/mol. The molecule has 0 aromatic rings. The topological polar surface area (TPSA) is 72.8 Å². The molecule has 0 amide bonds. The lowest BCUT2D eigenvalue weighted by Gasteiger charge is -2.41. The second-order valence-electron chi connectivity index (χ2n) is 11.5. The Morgan fingerprint density at radius 1 is 1.20 bits per heavy atom. The van der Waals surface area contributed by atoms with Gasteiger partial charge in [0, 0.05) is 26.7 Å². The second kappa shape index (κ2) is 11.3. The molecule has 4 atom stereocenters. The Kier molecular flexibility index (Phi) is 8.85. The van der Waals surface area contributed by atoms with Crippen molar-refractivity contribution >= 4 is 11.9 Å². The lowest BCUT2D eigenvalue weighted by atomic mass is 9.63. The van der Waals surface area contributed by atoms with Crippen LogP contribution in [0, 0.1) is 11.3 Å². The fourth-order valence-corrected chi connectivity index (χ4v) is 6.24. The summed E-state index contributed by atoms with van der Waals surface area (Å²) in [6.45, 7) is 13.2. The highest BCUT2D eigenvalue weighted by Gasteiger charge is 2.44. The number of allylic oxidation sites excluding steroid dienone is 5. The van der Waals surface area contributed by atoms with Crippen molar-refractivity contribution in [2.75, 3.05) is 0 Å². The Morgan fingerprint density at radius 2 is 1.91 bits per heavy atom. The number of hydrogen-bond acceptors (Lipinski definition) is 5. The fourth-order valence-electron chi connectivity index (χ4n) is 6.24. The molecule has 0 aromatic carbocycles. The minimum atomic E-state index is -0.587. The number of carbonyl (C=O) groups excluding carboxylic acids is 2. The highest BCUT2D eigenvalue weighted by Crippen LogP contribution is 2.55. The molecular weight excluding hydrogens is 440 g/mol. The Balaban J connectivity index is 1.72. The predicted octanol–water partition coefficient (Wildman–Crippen LogP) is 6.52. The summed E-state index contributed by atoms with van der Waals surface area (Å²) in [4.78, 5) is 23.2. The van der Waals surface area contributed by atoms with E-state index in [1.807, 2.05) is 13.8 Å². The van der Waals surface area contributed by atoms with Crippen molar-refractivity contribution in [3.05, 3.63) is 47.1 Å². The number of esters is 2. The van der Waals surface area contributed by atoms with Crippen LogP contribution in [-0.4, -0.2) is 34.9 Å². The normalized spacial score (nSPS) is 31.3. The summed E-state index contributed by atoms with van der Waals surface area (Å²) in [5.74, 6) is -0.160. The zero-order chi connectivity index (χ0) is 25.8. The average Bonchev–Trinajstić information content (AvgIpc) is 3.07. The number of aliphatic hydroxyl groups is 1. The van der Waals surface area contributed by atoms with Crippen LogP contribution in [0.4, 0.5) is 0 Å². The van der Waals surface area contributed by atoms with Gasteiger partial charge in [0.2, 0.25) is 0 Å². The molecule has 5 nitrogen and oxygen atoms in total. The van der Waals surface area contributed by atoms with Crippen molar-refractivity contribution in [3.63, 3.8) is 0 Å². The molecule has 0 aliphatic heterocycles. The third-order valence-electron chi connectivity index (χ3n) is 8.06. The van der Waals surface area contributed by atoms with Crippen LogP contribution < -0.4 is 0 Å². The summed E-state index contributed by atoms with van der Waals surface area (Å²) >= 11 is 0. The van der Waals surface area contributed by atoms with Crippen molar-refractivity contribution in [1.29, 1.82) is 0 Å². The van der Waals surface area contributed by atoms with Crippen molar-refractivity contribution in [2.24, 2.45) is 11.3 Å². The summed E-state index contributed by atoms with van der Waals surface area (Å²) < 4.78 is 11.0. The molecule has 2 saturated carbocycles. The Hall–Kier alpha value is -2.14. The smallest absolute Gasteiger partial charge is 0.303 e. The largest absolute Gasteiger partial charge is 0.462 e. The van der Waals surface area contributed by atoms with Gasteiger partial charge in [-0.2, -0.15) is 0 Å². The Labute approximate surface area is 211 Å². The van der Waals surface area contributed by atoms with E-state index >= 15 is 0 Å². The van der Waals surface area contributed by atoms with Crippen molar-refractivity contribution < 1.29 is 24.2 Å². The van der Waals surface area contributed by atoms with Crippen LogP contribution in [0.25, 0.3) is 0 Å². The summed E-state index contributed by atoms with van der Waals surface area (Å²) in [5.41, 5.74) is 4.48. The molecule has 35 heavy (non-hydrogen) atoms. The van der Waals surface area contributed by atoms with Gasteiger partial charge in [-0.3, -0.25) is 9.59 Å². The average molecular weight is 485 g/mol. The van der Waals surface area contributed by atoms with E-state index in [1.165, 1.54) is 32.3 Å². The van der Waals surface area contributed by atoms with Gasteiger partial charge < -0.3 is 14.6 Å². The molecule has 0 bridgehead atoms. The molecule has 0 aromatic heterocycles. The first-order valence-corrected chi connectivity index (χ1v) is 13.2. The minimum Gasteiger partial charge on any atom is -0.462 e. The number of unbranched alkanes of at least 4 members (excludes halogenated alkanes) is 1. The van der Waals surface area contributed by atoms with Gasteiger partial charge in [-0.25, -0.2) is 0 Å². The van der Waals surface area contributed by atoms with Gasteiger partial charge in [-0.15, -0.1) is 0 Å². The standard InChI is InChI=1S/C30H44O5/c1-20-24(18-26(34-21(2)31)19-28(20)35-22(3)32)13-12-23-10-9-17-30(6)25(14-15-27(23)30)11-7-8-16-29(4,5)33/h12-14,26-28,33H,1,7-11,15-19H2,2-6H3/b23-12+,24-13-/t26?,27?,28-,30+/m0/s1. The van der Waals surface area contributed by atoms with E-state index in [0.717, 1.165) is 49.7 Å². The van der Waals surface area contributed by atoms with Crippen LogP contribution in [0.2, 0.25) is 0 Å². The highest BCUT2D eigenvalue weighted by atomic mass is 16.6. The summed E-state index contributed by atoms with van der Waals surface area (Å²) in [6, 6.07) is 0. The third-order valence-corrected chi connectivity index (χ3v) is 8.06. The van der Waals surface area contributed by atoms with E-state index in [2.05, 4.69) is 31.7 Å². The fraction of sp³-hybridized carbons (Fsp3) is 0.667. The molecule has 3 aliphatic rings.